The number of nitrogens with two attached hydrogens (primary N) is 1. The largest absolute Gasteiger partial charge is 0.461 e. The van der Waals surface area contributed by atoms with Crippen molar-refractivity contribution in [2.75, 3.05) is 50.0 Å². The molecule has 5 fully saturated rings. The second-order valence-corrected chi connectivity index (χ2v) is 14.8. The van der Waals surface area contributed by atoms with Gasteiger partial charge in [-0.3, -0.25) is 9.69 Å². The number of pyridine rings is 1. The predicted molar refractivity (Wildman–Crippen MR) is 172 cm³/mol. The lowest BCUT2D eigenvalue weighted by molar-refractivity contribution is 0.108. The molecule has 1 unspecified atom stereocenters. The molecule has 0 amide bonds. The number of rotatable bonds is 6. The van der Waals surface area contributed by atoms with Crippen molar-refractivity contribution in [3.63, 3.8) is 0 Å². The summed E-state index contributed by atoms with van der Waals surface area (Å²) in [6.07, 6.45) is 7.61. The molecule has 4 aromatic rings. The molecule has 0 bridgehead atoms. The van der Waals surface area contributed by atoms with E-state index in [1.165, 1.54) is 16.7 Å². The third-order valence-electron chi connectivity index (χ3n) is 11.1. The van der Waals surface area contributed by atoms with Gasteiger partial charge in [0.2, 0.25) is 0 Å². The Labute approximate surface area is 267 Å². The number of fused-ring (bicyclic) bond motifs is 3. The quantitative estimate of drug-likeness (QED) is 0.308. The summed E-state index contributed by atoms with van der Waals surface area (Å²) < 4.78 is 40.4. The molecule has 1 aliphatic carbocycles. The number of nitrogens with zero attached hydrogens (tertiary/aromatic N) is 6. The van der Waals surface area contributed by atoms with E-state index >= 15 is 8.78 Å². The van der Waals surface area contributed by atoms with Gasteiger partial charge in [-0.1, -0.05) is 0 Å². The zero-order chi connectivity index (χ0) is 31.4. The number of hydrogen-bond donors (Lipinski definition) is 2. The Morgan fingerprint density at radius 1 is 1.11 bits per heavy atom. The minimum Gasteiger partial charge on any atom is -0.461 e. The summed E-state index contributed by atoms with van der Waals surface area (Å²) in [6.45, 7) is 4.75. The Morgan fingerprint density at radius 2 is 1.89 bits per heavy atom. The van der Waals surface area contributed by atoms with Crippen LogP contribution in [0.1, 0.15) is 63.0 Å². The van der Waals surface area contributed by atoms with Crippen LogP contribution >= 0.6 is 11.3 Å². The first kappa shape index (κ1) is 28.4. The molecule has 3 aromatic heterocycles. The van der Waals surface area contributed by atoms with E-state index in [4.69, 9.17) is 15.5 Å². The molecule has 1 spiro atoms. The molecule has 5 aliphatic rings. The van der Waals surface area contributed by atoms with Crippen molar-refractivity contribution in [3.8, 4) is 23.3 Å². The highest BCUT2D eigenvalue weighted by Crippen LogP contribution is 2.46. The Balaban J connectivity index is 1.27. The Hall–Kier alpha value is -3.86. The molecular formula is C33H34F2N8O2S. The standard InChI is InChI=1S/C33H34F2N8O2S/c34-21-6-5-19(22-20(15-36)28(37)46-27(21)22)26-24(35)25-23(30(44)43(26)18-3-4-18)29(41-14-10-32(16-41)9-11-38-32)40-31(39-25)45-17-33-7-1-12-42(33)13-2-8-33/h5-6,18,38H,1-4,7-14,16-17,37H2. The molecule has 10 nitrogen and oxygen atoms in total. The van der Waals surface area contributed by atoms with Crippen molar-refractivity contribution in [2.45, 2.75) is 68.5 Å². The summed E-state index contributed by atoms with van der Waals surface area (Å²) in [7, 11) is 0. The number of benzene rings is 1. The fourth-order valence-electron chi connectivity index (χ4n) is 8.48. The van der Waals surface area contributed by atoms with Gasteiger partial charge in [0, 0.05) is 35.6 Å². The van der Waals surface area contributed by atoms with Gasteiger partial charge in [-0.2, -0.15) is 15.2 Å². The van der Waals surface area contributed by atoms with Gasteiger partial charge in [-0.25, -0.2) is 8.78 Å². The van der Waals surface area contributed by atoms with Crippen LogP contribution in [0.3, 0.4) is 0 Å². The topological polar surface area (TPSA) is 125 Å². The highest BCUT2D eigenvalue weighted by atomic mass is 32.1. The van der Waals surface area contributed by atoms with E-state index in [0.717, 1.165) is 69.5 Å². The number of halogens is 2. The molecule has 1 aromatic carbocycles. The number of nitrogen functional groups attached to an aromatic ring is 1. The van der Waals surface area contributed by atoms with Gasteiger partial charge in [-0.05, 0) is 83.1 Å². The lowest BCUT2D eigenvalue weighted by Crippen LogP contribution is -2.58. The number of nitriles is 1. The molecule has 4 aliphatic heterocycles. The smallest absolute Gasteiger partial charge is 0.319 e. The van der Waals surface area contributed by atoms with E-state index in [9.17, 15) is 10.1 Å². The first-order valence-electron chi connectivity index (χ1n) is 16.3. The molecule has 4 saturated heterocycles. The first-order valence-corrected chi connectivity index (χ1v) is 17.1. The van der Waals surface area contributed by atoms with E-state index in [0.29, 0.717) is 38.4 Å². The molecule has 1 atom stereocenters. The molecular weight excluding hydrogens is 610 g/mol. The van der Waals surface area contributed by atoms with E-state index < -0.39 is 17.2 Å². The van der Waals surface area contributed by atoms with Crippen LogP contribution in [-0.4, -0.2) is 69.8 Å². The highest BCUT2D eigenvalue weighted by molar-refractivity contribution is 7.23. The van der Waals surface area contributed by atoms with Crippen LogP contribution in [0, 0.1) is 23.0 Å². The molecule has 0 radical (unpaired) electrons. The second kappa shape index (κ2) is 10.1. The summed E-state index contributed by atoms with van der Waals surface area (Å²) in [5.41, 5.74) is 5.82. The predicted octanol–water partition coefficient (Wildman–Crippen LogP) is 4.69. The van der Waals surface area contributed by atoms with Crippen LogP contribution in [0.5, 0.6) is 6.01 Å². The average Bonchev–Trinajstić information content (AvgIpc) is 3.34. The number of ether oxygens (including phenoxy) is 1. The summed E-state index contributed by atoms with van der Waals surface area (Å²) in [5, 5.41) is 14.0. The molecule has 3 N–H and O–H groups in total. The summed E-state index contributed by atoms with van der Waals surface area (Å²) in [5.74, 6) is -0.878. The van der Waals surface area contributed by atoms with E-state index in [-0.39, 0.29) is 65.9 Å². The van der Waals surface area contributed by atoms with Gasteiger partial charge in [0.25, 0.3) is 5.56 Å². The minimum absolute atomic E-state index is 0.00944. The van der Waals surface area contributed by atoms with Crippen LogP contribution < -0.4 is 26.2 Å². The normalized spacial score (nSPS) is 23.8. The third kappa shape index (κ3) is 4.06. The summed E-state index contributed by atoms with van der Waals surface area (Å²) in [4.78, 5) is 28.7. The Kier molecular flexibility index (Phi) is 6.21. The van der Waals surface area contributed by atoms with E-state index in [1.54, 1.807) is 0 Å². The number of nitrogens with one attached hydrogen (secondary N) is 1. The van der Waals surface area contributed by atoms with Gasteiger partial charge in [0.05, 0.1) is 21.5 Å². The van der Waals surface area contributed by atoms with Gasteiger partial charge in [0.1, 0.15) is 40.2 Å². The molecule has 46 heavy (non-hydrogen) atoms. The highest BCUT2D eigenvalue weighted by Gasteiger charge is 2.46. The van der Waals surface area contributed by atoms with Crippen molar-refractivity contribution in [3.05, 3.63) is 39.7 Å². The van der Waals surface area contributed by atoms with Crippen molar-refractivity contribution >= 4 is 43.1 Å². The zero-order valence-electron chi connectivity index (χ0n) is 25.4. The zero-order valence-corrected chi connectivity index (χ0v) is 26.2. The molecule has 1 saturated carbocycles. The van der Waals surface area contributed by atoms with Crippen molar-refractivity contribution in [1.29, 1.82) is 5.26 Å². The van der Waals surface area contributed by atoms with Crippen molar-refractivity contribution < 1.29 is 13.5 Å². The molecule has 238 valence electrons. The number of thiophene rings is 1. The minimum atomic E-state index is -0.714. The maximum atomic E-state index is 17.3. The monoisotopic (exact) mass is 644 g/mol. The Morgan fingerprint density at radius 3 is 2.57 bits per heavy atom. The number of aromatic nitrogens is 3. The van der Waals surface area contributed by atoms with Crippen molar-refractivity contribution in [2.24, 2.45) is 0 Å². The fourth-order valence-corrected chi connectivity index (χ4v) is 9.43. The van der Waals surface area contributed by atoms with Gasteiger partial charge < -0.3 is 25.3 Å². The Bertz CT molecular complexity index is 2040. The molecule has 13 heteroatoms. The summed E-state index contributed by atoms with van der Waals surface area (Å²) >= 11 is 0.945. The lowest BCUT2D eigenvalue weighted by atomic mass is 9.87. The first-order chi connectivity index (χ1) is 22.3. The van der Waals surface area contributed by atoms with Gasteiger partial charge >= 0.3 is 6.01 Å². The SMILES string of the molecule is N#Cc1c(N)sc2c(F)ccc(-c3c(F)c4nc(OCC56CCCN5CCC6)nc(N5CCC6(CCN6)C5)c4c(=O)n3C3CC3)c12. The van der Waals surface area contributed by atoms with E-state index in [1.807, 2.05) is 0 Å². The molecule has 7 heterocycles. The van der Waals surface area contributed by atoms with Crippen LogP contribution in [0.2, 0.25) is 0 Å². The maximum absolute atomic E-state index is 17.3. The average molecular weight is 645 g/mol. The van der Waals surface area contributed by atoms with Crippen LogP contribution in [0.25, 0.3) is 32.2 Å². The lowest BCUT2D eigenvalue weighted by Gasteiger charge is -2.39. The number of anilines is 2. The van der Waals surface area contributed by atoms with Crippen LogP contribution in [0.4, 0.5) is 19.6 Å². The van der Waals surface area contributed by atoms with Crippen LogP contribution in [-0.2, 0) is 0 Å². The van der Waals surface area contributed by atoms with Gasteiger partial charge in [0.15, 0.2) is 5.82 Å². The second-order valence-electron chi connectivity index (χ2n) is 13.7. The third-order valence-corrected chi connectivity index (χ3v) is 12.1. The maximum Gasteiger partial charge on any atom is 0.319 e. The summed E-state index contributed by atoms with van der Waals surface area (Å²) in [6, 6.07) is 4.56. The number of hydrogen-bond acceptors (Lipinski definition) is 10. The van der Waals surface area contributed by atoms with E-state index in [2.05, 4.69) is 26.2 Å². The van der Waals surface area contributed by atoms with Crippen LogP contribution in [0.15, 0.2) is 16.9 Å². The van der Waals surface area contributed by atoms with Gasteiger partial charge in [-0.15, -0.1) is 11.3 Å². The fraction of sp³-hybridized carbons (Fsp3) is 0.515. The van der Waals surface area contributed by atoms with Crippen molar-refractivity contribution in [1.82, 2.24) is 24.8 Å². The molecule has 9 rings (SSSR count).